The van der Waals surface area contributed by atoms with Crippen LogP contribution in [0.15, 0.2) is 24.5 Å². The van der Waals surface area contributed by atoms with E-state index in [2.05, 4.69) is 36.0 Å². The molecule has 2 N–H and O–H groups in total. The molecule has 0 radical (unpaired) electrons. The fourth-order valence-corrected chi connectivity index (χ4v) is 3.32. The maximum atomic E-state index is 6.10. The van der Waals surface area contributed by atoms with Crippen molar-refractivity contribution in [1.82, 2.24) is 9.88 Å². The van der Waals surface area contributed by atoms with Crippen molar-refractivity contribution in [1.29, 1.82) is 0 Å². The minimum atomic E-state index is 0.361. The van der Waals surface area contributed by atoms with E-state index < -0.39 is 0 Å². The summed E-state index contributed by atoms with van der Waals surface area (Å²) in [5.41, 5.74) is 7.83. The highest BCUT2D eigenvalue weighted by molar-refractivity contribution is 5.09. The number of pyridine rings is 1. The van der Waals surface area contributed by atoms with E-state index in [4.69, 9.17) is 5.73 Å². The van der Waals surface area contributed by atoms with Crippen LogP contribution in [0.4, 0.5) is 0 Å². The molecule has 1 fully saturated rings. The summed E-state index contributed by atoms with van der Waals surface area (Å²) in [4.78, 5) is 6.53. The van der Waals surface area contributed by atoms with Crippen molar-refractivity contribution >= 4 is 0 Å². The number of hydrogen-bond donors (Lipinski definition) is 1. The maximum absolute atomic E-state index is 6.10. The first-order valence-corrected chi connectivity index (χ1v) is 7.91. The standard InChI is InChI=1S/C17H29N3/c1-15-3-8-17(13-18,9-4-15)14-20(2)12-7-16-5-10-19-11-6-16/h5-6,10-11,15H,3-4,7-9,12-14,18H2,1-2H3. The Hall–Kier alpha value is -0.930. The first-order valence-electron chi connectivity index (χ1n) is 7.91. The molecular formula is C17H29N3. The highest BCUT2D eigenvalue weighted by atomic mass is 15.1. The van der Waals surface area contributed by atoms with Crippen LogP contribution in [0.5, 0.6) is 0 Å². The number of hydrogen-bond acceptors (Lipinski definition) is 3. The second-order valence-corrected chi connectivity index (χ2v) is 6.73. The van der Waals surface area contributed by atoms with E-state index in [1.807, 2.05) is 12.4 Å². The first kappa shape index (κ1) is 15.5. The van der Waals surface area contributed by atoms with Crippen molar-refractivity contribution in [3.8, 4) is 0 Å². The molecule has 3 heteroatoms. The summed E-state index contributed by atoms with van der Waals surface area (Å²) in [5.74, 6) is 0.886. The van der Waals surface area contributed by atoms with Gasteiger partial charge in [-0.3, -0.25) is 4.98 Å². The molecule has 1 aliphatic carbocycles. The maximum Gasteiger partial charge on any atom is 0.0270 e. The Kier molecular flexibility index (Phi) is 5.55. The molecule has 20 heavy (non-hydrogen) atoms. The van der Waals surface area contributed by atoms with Gasteiger partial charge in [-0.1, -0.05) is 19.8 Å². The predicted molar refractivity (Wildman–Crippen MR) is 84.6 cm³/mol. The Balaban J connectivity index is 1.82. The molecule has 1 aromatic heterocycles. The molecule has 0 aromatic carbocycles. The van der Waals surface area contributed by atoms with Gasteiger partial charge in [-0.2, -0.15) is 0 Å². The zero-order valence-electron chi connectivity index (χ0n) is 13.0. The summed E-state index contributed by atoms with van der Waals surface area (Å²) < 4.78 is 0. The van der Waals surface area contributed by atoms with E-state index in [1.165, 1.54) is 31.2 Å². The highest BCUT2D eigenvalue weighted by Gasteiger charge is 2.33. The molecule has 1 heterocycles. The summed E-state index contributed by atoms with van der Waals surface area (Å²) in [5, 5.41) is 0. The molecule has 1 aromatic rings. The second-order valence-electron chi connectivity index (χ2n) is 6.73. The predicted octanol–water partition coefficient (Wildman–Crippen LogP) is 2.71. The van der Waals surface area contributed by atoms with Crippen molar-refractivity contribution in [2.24, 2.45) is 17.1 Å². The van der Waals surface area contributed by atoms with Gasteiger partial charge in [-0.05, 0) is 61.9 Å². The Morgan fingerprint density at radius 1 is 1.30 bits per heavy atom. The molecule has 0 aliphatic heterocycles. The van der Waals surface area contributed by atoms with Gasteiger partial charge in [0.15, 0.2) is 0 Å². The van der Waals surface area contributed by atoms with Crippen molar-refractivity contribution < 1.29 is 0 Å². The fourth-order valence-electron chi connectivity index (χ4n) is 3.32. The largest absolute Gasteiger partial charge is 0.330 e. The summed E-state index contributed by atoms with van der Waals surface area (Å²) in [7, 11) is 2.23. The SMILES string of the molecule is CC1CCC(CN)(CN(C)CCc2ccncc2)CC1. The van der Waals surface area contributed by atoms with Crippen LogP contribution in [0.1, 0.15) is 38.2 Å². The van der Waals surface area contributed by atoms with Crippen LogP contribution in [0, 0.1) is 11.3 Å². The van der Waals surface area contributed by atoms with Gasteiger partial charge >= 0.3 is 0 Å². The number of rotatable bonds is 6. The van der Waals surface area contributed by atoms with Gasteiger partial charge < -0.3 is 10.6 Å². The topological polar surface area (TPSA) is 42.1 Å². The normalized spacial score (nSPS) is 26.9. The molecular weight excluding hydrogens is 246 g/mol. The van der Waals surface area contributed by atoms with Crippen LogP contribution in [0.3, 0.4) is 0 Å². The molecule has 0 atom stereocenters. The lowest BCUT2D eigenvalue weighted by Gasteiger charge is -2.41. The second kappa shape index (κ2) is 7.19. The van der Waals surface area contributed by atoms with Crippen LogP contribution in [0.25, 0.3) is 0 Å². The third-order valence-electron chi connectivity index (χ3n) is 4.90. The quantitative estimate of drug-likeness (QED) is 0.868. The lowest BCUT2D eigenvalue weighted by Crippen LogP contribution is -2.44. The highest BCUT2D eigenvalue weighted by Crippen LogP contribution is 2.38. The van der Waals surface area contributed by atoms with Crippen LogP contribution < -0.4 is 5.73 Å². The Bertz CT molecular complexity index is 382. The van der Waals surface area contributed by atoms with E-state index in [1.54, 1.807) is 0 Å². The number of likely N-dealkylation sites (N-methyl/N-ethyl adjacent to an activating group) is 1. The van der Waals surface area contributed by atoms with Gasteiger partial charge in [0.05, 0.1) is 0 Å². The van der Waals surface area contributed by atoms with Crippen molar-refractivity contribution in [3.05, 3.63) is 30.1 Å². The average molecular weight is 275 g/mol. The van der Waals surface area contributed by atoms with Gasteiger partial charge in [0, 0.05) is 25.5 Å². The molecule has 1 saturated carbocycles. The Morgan fingerprint density at radius 3 is 2.55 bits per heavy atom. The Labute approximate surface area is 123 Å². The number of nitrogens with two attached hydrogens (primary N) is 1. The monoisotopic (exact) mass is 275 g/mol. The van der Waals surface area contributed by atoms with Gasteiger partial charge in [0.2, 0.25) is 0 Å². The molecule has 2 rings (SSSR count). The van der Waals surface area contributed by atoms with Gasteiger partial charge in [0.25, 0.3) is 0 Å². The minimum absolute atomic E-state index is 0.361. The van der Waals surface area contributed by atoms with Crippen molar-refractivity contribution in [2.75, 3.05) is 26.7 Å². The molecule has 1 aliphatic rings. The van der Waals surface area contributed by atoms with E-state index in [0.29, 0.717) is 5.41 Å². The Morgan fingerprint density at radius 2 is 1.95 bits per heavy atom. The fraction of sp³-hybridized carbons (Fsp3) is 0.706. The van der Waals surface area contributed by atoms with Crippen molar-refractivity contribution in [2.45, 2.75) is 39.0 Å². The van der Waals surface area contributed by atoms with Crippen LogP contribution in [0.2, 0.25) is 0 Å². The lowest BCUT2D eigenvalue weighted by molar-refractivity contribution is 0.109. The molecule has 112 valence electrons. The first-order chi connectivity index (χ1) is 9.63. The van der Waals surface area contributed by atoms with Gasteiger partial charge in [0.1, 0.15) is 0 Å². The molecule has 0 bridgehead atoms. The van der Waals surface area contributed by atoms with E-state index in [-0.39, 0.29) is 0 Å². The van der Waals surface area contributed by atoms with Gasteiger partial charge in [-0.15, -0.1) is 0 Å². The molecule has 0 spiro atoms. The molecule has 0 unspecified atom stereocenters. The third kappa shape index (κ3) is 4.29. The third-order valence-corrected chi connectivity index (χ3v) is 4.90. The van der Waals surface area contributed by atoms with Crippen molar-refractivity contribution in [3.63, 3.8) is 0 Å². The smallest absolute Gasteiger partial charge is 0.0270 e. The van der Waals surface area contributed by atoms with Crippen LogP contribution in [-0.2, 0) is 6.42 Å². The van der Waals surface area contributed by atoms with E-state index in [0.717, 1.165) is 32.0 Å². The summed E-state index contributed by atoms with van der Waals surface area (Å²) >= 11 is 0. The molecule has 0 amide bonds. The zero-order chi connectivity index (χ0) is 14.4. The van der Waals surface area contributed by atoms with Crippen LogP contribution >= 0.6 is 0 Å². The number of aromatic nitrogens is 1. The number of nitrogens with zero attached hydrogens (tertiary/aromatic N) is 2. The zero-order valence-corrected chi connectivity index (χ0v) is 13.0. The summed E-state index contributed by atoms with van der Waals surface area (Å²) in [6.07, 6.45) is 10.1. The summed E-state index contributed by atoms with van der Waals surface area (Å²) in [6.45, 7) is 5.44. The minimum Gasteiger partial charge on any atom is -0.330 e. The lowest BCUT2D eigenvalue weighted by atomic mass is 9.70. The average Bonchev–Trinajstić information content (AvgIpc) is 2.49. The van der Waals surface area contributed by atoms with E-state index >= 15 is 0 Å². The van der Waals surface area contributed by atoms with Gasteiger partial charge in [-0.25, -0.2) is 0 Å². The van der Waals surface area contributed by atoms with Crippen LogP contribution in [-0.4, -0.2) is 36.6 Å². The molecule has 0 saturated heterocycles. The molecule has 3 nitrogen and oxygen atoms in total. The summed E-state index contributed by atoms with van der Waals surface area (Å²) in [6, 6.07) is 4.21. The van der Waals surface area contributed by atoms with E-state index in [9.17, 15) is 0 Å².